The first kappa shape index (κ1) is 37.7. The van der Waals surface area contributed by atoms with Crippen LogP contribution in [0.3, 0.4) is 0 Å². The summed E-state index contributed by atoms with van der Waals surface area (Å²) in [5, 5.41) is 5.67. The highest BCUT2D eigenvalue weighted by Gasteiger charge is 2.30. The number of ether oxygens (including phenoxy) is 1. The Balaban J connectivity index is 1.01. The summed E-state index contributed by atoms with van der Waals surface area (Å²) >= 11 is 4.18. The Bertz CT molecular complexity index is 2420. The van der Waals surface area contributed by atoms with E-state index < -0.39 is 23.1 Å². The van der Waals surface area contributed by atoms with Gasteiger partial charge >= 0.3 is 5.91 Å². The molecule has 1 amide bonds. The molecule has 5 heterocycles. The summed E-state index contributed by atoms with van der Waals surface area (Å²) in [4.78, 5) is 30.2. The van der Waals surface area contributed by atoms with Gasteiger partial charge in [0.1, 0.15) is 40.0 Å². The summed E-state index contributed by atoms with van der Waals surface area (Å²) < 4.78 is 39.0. The summed E-state index contributed by atoms with van der Waals surface area (Å²) in [7, 11) is 1.70. The molecule has 11 nitrogen and oxygen atoms in total. The number of carbonyl (C=O) groups is 1. The van der Waals surface area contributed by atoms with Gasteiger partial charge in [0.05, 0.1) is 12.4 Å². The standard InChI is InChI=1S/C42H42ClFN8O3S/c1-42(2)14-12-29(34(22-42)27-4-6-31(43)7-5-27)26-51-16-18-52(19-17-51)32-8-11-38(37(21-32)55-33-20-28-13-15-45-40(28)46-24-33)56(54)49-41(53)36-10-9-35(44)39(48-36)30-23-47-50(3)25-30/h4-11,13,15,20-21,23-25H,12,14,16-19,22,26H2,1-3H3,(H,45,46)(H,49,53). The third-order valence-corrected chi connectivity index (χ3v) is 11.9. The smallest absolute Gasteiger partial charge is 0.311 e. The zero-order chi connectivity index (χ0) is 39.0. The van der Waals surface area contributed by atoms with Crippen molar-refractivity contribution in [3.05, 3.63) is 119 Å². The fourth-order valence-electron chi connectivity index (χ4n) is 7.43. The molecular weight excluding hydrogens is 751 g/mol. The minimum Gasteiger partial charge on any atom is -0.588 e. The molecule has 0 bridgehead atoms. The second-order valence-electron chi connectivity index (χ2n) is 15.1. The number of H-pyrrole nitrogens is 1. The molecule has 4 aromatic heterocycles. The van der Waals surface area contributed by atoms with Crippen LogP contribution < -0.4 is 14.4 Å². The van der Waals surface area contributed by atoms with E-state index in [1.54, 1.807) is 31.7 Å². The Hall–Kier alpha value is -5.21. The number of aromatic nitrogens is 5. The number of nitrogens with zero attached hydrogens (tertiary/aromatic N) is 6. The van der Waals surface area contributed by atoms with E-state index in [0.29, 0.717) is 22.7 Å². The van der Waals surface area contributed by atoms with Gasteiger partial charge in [-0.3, -0.25) is 14.4 Å². The molecule has 14 heteroatoms. The third-order valence-electron chi connectivity index (χ3n) is 10.5. The van der Waals surface area contributed by atoms with Gasteiger partial charge in [-0.25, -0.2) is 14.4 Å². The second-order valence-corrected chi connectivity index (χ2v) is 16.8. The van der Waals surface area contributed by atoms with Crippen LogP contribution in [0.2, 0.25) is 5.02 Å². The Morgan fingerprint density at radius 1 is 1.04 bits per heavy atom. The number of aromatic amines is 1. The molecule has 288 valence electrons. The Morgan fingerprint density at radius 2 is 1.84 bits per heavy atom. The first-order valence-corrected chi connectivity index (χ1v) is 20.1. The lowest BCUT2D eigenvalue weighted by Crippen LogP contribution is -2.47. The van der Waals surface area contributed by atoms with E-state index in [-0.39, 0.29) is 21.7 Å². The quantitative estimate of drug-likeness (QED) is 0.133. The molecule has 1 saturated heterocycles. The fraction of sp³-hybridized carbons (Fsp3) is 0.286. The second kappa shape index (κ2) is 15.7. The topological polar surface area (TPSA) is 127 Å². The maximum atomic E-state index is 14.7. The van der Waals surface area contributed by atoms with E-state index in [1.807, 2.05) is 36.4 Å². The van der Waals surface area contributed by atoms with Crippen LogP contribution in [0.1, 0.15) is 49.2 Å². The maximum absolute atomic E-state index is 14.7. The molecule has 2 aliphatic rings. The normalized spacial score (nSPS) is 16.6. The number of carbonyl (C=O) groups excluding carboxylic acids is 1. The zero-order valence-electron chi connectivity index (χ0n) is 31.4. The van der Waals surface area contributed by atoms with Gasteiger partial charge in [0, 0.05) is 86.0 Å². The minimum absolute atomic E-state index is 0.0286. The number of fused-ring (bicyclic) bond motifs is 1. The number of nitrogens with one attached hydrogen (secondary N) is 2. The highest BCUT2D eigenvalue weighted by Crippen LogP contribution is 2.43. The van der Waals surface area contributed by atoms with Crippen molar-refractivity contribution in [2.75, 3.05) is 37.6 Å². The molecule has 1 atom stereocenters. The maximum Gasteiger partial charge on any atom is 0.311 e. The van der Waals surface area contributed by atoms with Crippen molar-refractivity contribution in [2.24, 2.45) is 12.5 Å². The molecule has 6 aromatic rings. The average Bonchev–Trinajstić information content (AvgIpc) is 3.85. The molecule has 56 heavy (non-hydrogen) atoms. The number of piperazine rings is 1. The molecule has 1 aliphatic heterocycles. The summed E-state index contributed by atoms with van der Waals surface area (Å²) in [6.07, 6.45) is 9.73. The van der Waals surface area contributed by atoms with Crippen LogP contribution in [-0.4, -0.2) is 72.8 Å². The van der Waals surface area contributed by atoms with Crippen molar-refractivity contribution in [3.63, 3.8) is 0 Å². The SMILES string of the molecule is Cn1cc(-c2nc(C(=O)N[S+]([O-])c3ccc(N4CCN(CC5=C(c6ccc(Cl)cc6)CC(C)(C)CC5)CC4)cc3Oc3cnc4[nH]ccc4c3)ccc2F)cn1. The predicted molar refractivity (Wildman–Crippen MR) is 218 cm³/mol. The molecule has 1 aliphatic carbocycles. The lowest BCUT2D eigenvalue weighted by molar-refractivity contribution is 0.0976. The van der Waals surface area contributed by atoms with E-state index in [9.17, 15) is 13.7 Å². The van der Waals surface area contributed by atoms with E-state index in [1.165, 1.54) is 33.7 Å². The number of aryl methyl sites for hydroxylation is 1. The van der Waals surface area contributed by atoms with Crippen molar-refractivity contribution in [1.82, 2.24) is 34.4 Å². The number of hydrogen-bond donors (Lipinski definition) is 2. The Labute approximate surface area is 332 Å². The van der Waals surface area contributed by atoms with Crippen LogP contribution in [-0.2, 0) is 18.4 Å². The van der Waals surface area contributed by atoms with E-state index in [4.69, 9.17) is 16.3 Å². The largest absolute Gasteiger partial charge is 0.588 e. The van der Waals surface area contributed by atoms with Crippen molar-refractivity contribution in [2.45, 2.75) is 38.0 Å². The molecule has 0 radical (unpaired) electrons. The summed E-state index contributed by atoms with van der Waals surface area (Å²) in [6, 6.07) is 19.9. The van der Waals surface area contributed by atoms with Crippen molar-refractivity contribution < 1.29 is 18.5 Å². The number of amides is 1. The molecule has 1 fully saturated rings. The molecule has 2 N–H and O–H groups in total. The van der Waals surface area contributed by atoms with Crippen molar-refractivity contribution in [3.8, 4) is 22.8 Å². The number of allylic oxidation sites excluding steroid dienone is 1. The Morgan fingerprint density at radius 3 is 2.61 bits per heavy atom. The van der Waals surface area contributed by atoms with Gasteiger partial charge in [-0.1, -0.05) is 43.2 Å². The number of pyridine rings is 2. The molecular formula is C42H42ClFN8O3S. The number of halogens is 2. The molecule has 0 spiro atoms. The lowest BCUT2D eigenvalue weighted by atomic mass is 9.72. The summed E-state index contributed by atoms with van der Waals surface area (Å²) in [6.45, 7) is 8.96. The van der Waals surface area contributed by atoms with Crippen LogP contribution in [0.25, 0.3) is 27.9 Å². The van der Waals surface area contributed by atoms with Crippen molar-refractivity contribution >= 4 is 51.2 Å². The third kappa shape index (κ3) is 8.31. The molecule has 2 aromatic carbocycles. The predicted octanol–water partition coefficient (Wildman–Crippen LogP) is 8.18. The summed E-state index contributed by atoms with van der Waals surface area (Å²) in [5.41, 5.74) is 6.36. The van der Waals surface area contributed by atoms with Crippen LogP contribution in [0.5, 0.6) is 11.5 Å². The van der Waals surface area contributed by atoms with Crippen LogP contribution in [0, 0.1) is 11.2 Å². The fourth-order valence-corrected chi connectivity index (χ4v) is 8.42. The van der Waals surface area contributed by atoms with Gasteiger partial charge in [0.25, 0.3) is 0 Å². The zero-order valence-corrected chi connectivity index (χ0v) is 33.0. The van der Waals surface area contributed by atoms with Gasteiger partial charge < -0.3 is 19.2 Å². The highest BCUT2D eigenvalue weighted by molar-refractivity contribution is 7.90. The number of hydrogen-bond acceptors (Lipinski definition) is 8. The number of benzene rings is 2. The van der Waals surface area contributed by atoms with Gasteiger partial charge in [-0.2, -0.15) is 9.82 Å². The monoisotopic (exact) mass is 792 g/mol. The summed E-state index contributed by atoms with van der Waals surface area (Å²) in [5.74, 6) is -0.573. The lowest BCUT2D eigenvalue weighted by Gasteiger charge is -2.39. The van der Waals surface area contributed by atoms with E-state index in [0.717, 1.165) is 74.1 Å². The molecule has 1 unspecified atom stereocenters. The van der Waals surface area contributed by atoms with E-state index >= 15 is 0 Å². The van der Waals surface area contributed by atoms with Crippen LogP contribution in [0.4, 0.5) is 10.1 Å². The molecule has 0 saturated carbocycles. The van der Waals surface area contributed by atoms with Crippen LogP contribution in [0.15, 0.2) is 102 Å². The van der Waals surface area contributed by atoms with Gasteiger partial charge in [0.15, 0.2) is 5.75 Å². The average molecular weight is 793 g/mol. The molecule has 8 rings (SSSR count). The first-order chi connectivity index (χ1) is 27.0. The van der Waals surface area contributed by atoms with Gasteiger partial charge in [-0.05, 0) is 78.3 Å². The highest BCUT2D eigenvalue weighted by atomic mass is 35.5. The van der Waals surface area contributed by atoms with E-state index in [2.05, 4.69) is 60.6 Å². The first-order valence-electron chi connectivity index (χ1n) is 18.6. The number of rotatable bonds is 10. The van der Waals surface area contributed by atoms with Gasteiger partial charge in [0.2, 0.25) is 4.90 Å². The minimum atomic E-state index is -2.06. The van der Waals surface area contributed by atoms with Gasteiger partial charge in [-0.15, -0.1) is 0 Å². The van der Waals surface area contributed by atoms with Crippen molar-refractivity contribution in [1.29, 1.82) is 0 Å². The van der Waals surface area contributed by atoms with Crippen LogP contribution >= 0.6 is 11.6 Å². The number of anilines is 1. The Kier molecular flexibility index (Phi) is 10.6.